The molecule has 3 heterocycles. The molecule has 2 amide bonds. The third-order valence-corrected chi connectivity index (χ3v) is 5.65. The van der Waals surface area contributed by atoms with Gasteiger partial charge in [0.1, 0.15) is 12.4 Å². The molecule has 2 aromatic heterocycles. The van der Waals surface area contributed by atoms with E-state index in [0.717, 1.165) is 16.9 Å². The third-order valence-electron chi connectivity index (χ3n) is 4.65. The molecule has 0 spiro atoms. The number of amides is 2. The van der Waals surface area contributed by atoms with Crippen molar-refractivity contribution >= 4 is 45.7 Å². The van der Waals surface area contributed by atoms with E-state index in [-0.39, 0.29) is 24.4 Å². The van der Waals surface area contributed by atoms with Gasteiger partial charge in [-0.2, -0.15) is 0 Å². The van der Waals surface area contributed by atoms with Crippen LogP contribution in [-0.4, -0.2) is 46.1 Å². The van der Waals surface area contributed by atoms with Crippen molar-refractivity contribution < 1.29 is 14.3 Å². The van der Waals surface area contributed by atoms with Crippen molar-refractivity contribution in [2.45, 2.75) is 19.6 Å². The molecular weight excluding hydrogens is 440 g/mol. The van der Waals surface area contributed by atoms with Crippen LogP contribution in [0.5, 0.6) is 5.19 Å². The average Bonchev–Trinajstić information content (AvgIpc) is 3.22. The van der Waals surface area contributed by atoms with Gasteiger partial charge in [-0.15, -0.1) is 5.10 Å². The first kappa shape index (κ1) is 21.0. The van der Waals surface area contributed by atoms with Crippen LogP contribution < -0.4 is 20.3 Å². The molecule has 1 aliphatic rings. The molecule has 0 saturated carbocycles. The summed E-state index contributed by atoms with van der Waals surface area (Å²) in [5.41, 5.74) is 1.28. The van der Waals surface area contributed by atoms with Gasteiger partial charge >= 0.3 is 0 Å². The summed E-state index contributed by atoms with van der Waals surface area (Å²) in [5, 5.41) is 14.7. The van der Waals surface area contributed by atoms with Crippen LogP contribution in [0.2, 0.25) is 5.02 Å². The lowest BCUT2D eigenvalue weighted by atomic mass is 10.1. The number of benzene rings is 1. The van der Waals surface area contributed by atoms with Crippen LogP contribution >= 0.6 is 22.9 Å². The highest BCUT2D eigenvalue weighted by Gasteiger charge is 2.28. The van der Waals surface area contributed by atoms with Crippen molar-refractivity contribution in [1.29, 1.82) is 0 Å². The molecule has 4 rings (SSSR count). The summed E-state index contributed by atoms with van der Waals surface area (Å²) >= 11 is 7.00. The lowest BCUT2D eigenvalue weighted by Crippen LogP contribution is -2.53. The summed E-state index contributed by atoms with van der Waals surface area (Å²) in [6.45, 7) is 2.90. The number of hydrogen-bond donors (Lipinski definition) is 2. The topological polar surface area (TPSA) is 109 Å². The maximum atomic E-state index is 12.9. The quantitative estimate of drug-likeness (QED) is 0.584. The number of nitrogens with zero attached hydrogens (tertiary/aromatic N) is 4. The second-order valence-corrected chi connectivity index (χ2v) is 8.27. The maximum absolute atomic E-state index is 12.9. The largest absolute Gasteiger partial charge is 0.464 e. The zero-order chi connectivity index (χ0) is 21.8. The van der Waals surface area contributed by atoms with Gasteiger partial charge in [0.25, 0.3) is 11.1 Å². The summed E-state index contributed by atoms with van der Waals surface area (Å²) in [4.78, 5) is 30.9. The zero-order valence-electron chi connectivity index (χ0n) is 16.5. The first-order valence-corrected chi connectivity index (χ1v) is 10.7. The Balaban J connectivity index is 1.43. The number of rotatable bonds is 6. The Kier molecular flexibility index (Phi) is 6.28. The summed E-state index contributed by atoms with van der Waals surface area (Å²) < 4.78 is 5.63. The van der Waals surface area contributed by atoms with Gasteiger partial charge in [-0.25, -0.2) is 4.98 Å². The summed E-state index contributed by atoms with van der Waals surface area (Å²) in [6, 6.07) is 10.6. The lowest BCUT2D eigenvalue weighted by molar-refractivity contribution is -0.120. The van der Waals surface area contributed by atoms with E-state index in [0.29, 0.717) is 39.9 Å². The van der Waals surface area contributed by atoms with Gasteiger partial charge in [0.05, 0.1) is 12.1 Å². The molecule has 9 nitrogen and oxygen atoms in total. The Labute approximate surface area is 187 Å². The van der Waals surface area contributed by atoms with Crippen molar-refractivity contribution in [3.63, 3.8) is 0 Å². The molecule has 0 aliphatic carbocycles. The number of hydrogen-bond acceptors (Lipinski definition) is 8. The Morgan fingerprint density at radius 1 is 1.32 bits per heavy atom. The van der Waals surface area contributed by atoms with Gasteiger partial charge in [0.2, 0.25) is 11.0 Å². The SMILES string of the molecule is C[C@H]1CNC(=O)CN1c1ncccc1C(=O)Nc1nnc(OCc2ccc(Cl)cc2)s1. The summed E-state index contributed by atoms with van der Waals surface area (Å²) in [5.74, 6) is -0.0468. The third kappa shape index (κ3) is 5.09. The van der Waals surface area contributed by atoms with Crippen molar-refractivity contribution in [3.05, 3.63) is 58.7 Å². The Bertz CT molecular complexity index is 1090. The minimum absolute atomic E-state index is 0.00792. The normalized spacial score (nSPS) is 16.0. The minimum atomic E-state index is -0.387. The van der Waals surface area contributed by atoms with E-state index in [9.17, 15) is 9.59 Å². The molecule has 1 aromatic carbocycles. The van der Waals surface area contributed by atoms with Crippen molar-refractivity contribution in [2.24, 2.45) is 0 Å². The highest BCUT2D eigenvalue weighted by Crippen LogP contribution is 2.26. The average molecular weight is 459 g/mol. The molecule has 31 heavy (non-hydrogen) atoms. The second kappa shape index (κ2) is 9.27. The van der Waals surface area contributed by atoms with Crippen LogP contribution in [0.1, 0.15) is 22.8 Å². The van der Waals surface area contributed by atoms with Gasteiger partial charge in [0.15, 0.2) is 0 Å². The number of carbonyl (C=O) groups excluding carboxylic acids is 2. The van der Waals surface area contributed by atoms with E-state index >= 15 is 0 Å². The van der Waals surface area contributed by atoms with Crippen LogP contribution in [0, 0.1) is 0 Å². The molecule has 1 aliphatic heterocycles. The zero-order valence-corrected chi connectivity index (χ0v) is 18.1. The van der Waals surface area contributed by atoms with Gasteiger partial charge in [-0.3, -0.25) is 14.9 Å². The van der Waals surface area contributed by atoms with Crippen LogP contribution in [0.15, 0.2) is 42.6 Å². The van der Waals surface area contributed by atoms with E-state index < -0.39 is 0 Å². The van der Waals surface area contributed by atoms with E-state index in [1.165, 1.54) is 0 Å². The van der Waals surface area contributed by atoms with Crippen molar-refractivity contribution in [1.82, 2.24) is 20.5 Å². The fourth-order valence-corrected chi connectivity index (χ4v) is 3.75. The predicted octanol–water partition coefficient (Wildman–Crippen LogP) is 2.74. The van der Waals surface area contributed by atoms with Gasteiger partial charge in [-0.1, -0.05) is 28.8 Å². The fraction of sp³-hybridized carbons (Fsp3) is 0.250. The predicted molar refractivity (Wildman–Crippen MR) is 118 cm³/mol. The van der Waals surface area contributed by atoms with E-state index in [4.69, 9.17) is 16.3 Å². The molecule has 0 unspecified atom stereocenters. The van der Waals surface area contributed by atoms with Crippen molar-refractivity contribution in [2.75, 3.05) is 23.3 Å². The molecule has 3 aromatic rings. The maximum Gasteiger partial charge on any atom is 0.296 e. The second-order valence-electron chi connectivity index (χ2n) is 6.90. The standard InChI is InChI=1S/C20H19ClN6O3S/c1-12-9-23-16(28)10-27(12)17-15(3-2-8-22-17)18(29)24-19-25-26-20(31-19)30-11-13-4-6-14(21)7-5-13/h2-8,12H,9-11H2,1H3,(H,23,28)(H,24,25,29)/t12-/m0/s1. The van der Waals surface area contributed by atoms with E-state index in [2.05, 4.69) is 25.8 Å². The van der Waals surface area contributed by atoms with E-state index in [1.807, 2.05) is 24.0 Å². The van der Waals surface area contributed by atoms with E-state index in [1.54, 1.807) is 30.5 Å². The van der Waals surface area contributed by atoms with Gasteiger partial charge < -0.3 is 15.0 Å². The molecule has 160 valence electrons. The number of piperazine rings is 1. The summed E-state index contributed by atoms with van der Waals surface area (Å²) in [7, 11) is 0. The molecule has 0 radical (unpaired) electrons. The Morgan fingerprint density at radius 2 is 2.13 bits per heavy atom. The fourth-order valence-electron chi connectivity index (χ4n) is 3.03. The minimum Gasteiger partial charge on any atom is -0.464 e. The lowest BCUT2D eigenvalue weighted by Gasteiger charge is -2.34. The Hall–Kier alpha value is -3.24. The number of ether oxygens (including phenoxy) is 1. The molecule has 2 N–H and O–H groups in total. The van der Waals surface area contributed by atoms with Gasteiger partial charge in [0, 0.05) is 23.8 Å². The van der Waals surface area contributed by atoms with Crippen LogP contribution in [0.3, 0.4) is 0 Å². The first-order valence-electron chi connectivity index (χ1n) is 9.50. The smallest absolute Gasteiger partial charge is 0.296 e. The first-order chi connectivity index (χ1) is 15.0. The molecular formula is C20H19ClN6O3S. The molecule has 1 atom stereocenters. The molecule has 1 saturated heterocycles. The monoisotopic (exact) mass is 458 g/mol. The molecule has 11 heteroatoms. The number of carbonyl (C=O) groups is 2. The highest BCUT2D eigenvalue weighted by molar-refractivity contribution is 7.17. The molecule has 1 fully saturated rings. The number of anilines is 2. The van der Waals surface area contributed by atoms with Crippen LogP contribution in [-0.2, 0) is 11.4 Å². The van der Waals surface area contributed by atoms with Gasteiger partial charge in [-0.05, 0) is 48.1 Å². The summed E-state index contributed by atoms with van der Waals surface area (Å²) in [6.07, 6.45) is 1.60. The highest BCUT2D eigenvalue weighted by atomic mass is 35.5. The van der Waals surface area contributed by atoms with Crippen LogP contribution in [0.25, 0.3) is 0 Å². The number of aromatic nitrogens is 3. The number of halogens is 1. The van der Waals surface area contributed by atoms with Crippen LogP contribution in [0.4, 0.5) is 10.9 Å². The Morgan fingerprint density at radius 3 is 2.94 bits per heavy atom. The number of nitrogens with one attached hydrogen (secondary N) is 2. The molecule has 0 bridgehead atoms. The van der Waals surface area contributed by atoms with Crippen molar-refractivity contribution in [3.8, 4) is 5.19 Å². The number of pyridine rings is 1.